The fourth-order valence-electron chi connectivity index (χ4n) is 6.28. The van der Waals surface area contributed by atoms with Crippen LogP contribution in [-0.4, -0.2) is 37.2 Å². The zero-order valence-electron chi connectivity index (χ0n) is 43.2. The monoisotopic (exact) mass is 945 g/mol. The normalized spacial score (nSPS) is 13.6. The van der Waals surface area contributed by atoms with Crippen LogP contribution in [0.3, 0.4) is 0 Å². The molecule has 1 atom stereocenters. The van der Waals surface area contributed by atoms with Crippen LogP contribution in [0.5, 0.6) is 0 Å². The molecule has 0 aliphatic heterocycles. The Balaban J connectivity index is 4.69. The molecule has 0 spiro atoms. The Morgan fingerprint density at radius 1 is 0.319 bits per heavy atom. The molecule has 0 saturated heterocycles. The van der Waals surface area contributed by atoms with E-state index < -0.39 is 12.1 Å². The number of carbonyl (C=O) groups is 3. The Morgan fingerprint density at radius 2 is 0.638 bits per heavy atom. The van der Waals surface area contributed by atoms with Crippen LogP contribution in [0.2, 0.25) is 0 Å². The van der Waals surface area contributed by atoms with Gasteiger partial charge in [0.15, 0.2) is 6.10 Å². The van der Waals surface area contributed by atoms with Gasteiger partial charge in [-0.2, -0.15) is 0 Å². The lowest BCUT2D eigenvalue weighted by atomic mass is 10.1. The zero-order valence-corrected chi connectivity index (χ0v) is 43.2. The first-order valence-corrected chi connectivity index (χ1v) is 26.5. The van der Waals surface area contributed by atoms with Gasteiger partial charge < -0.3 is 14.2 Å². The Bertz CT molecular complexity index is 1700. The summed E-state index contributed by atoms with van der Waals surface area (Å²) in [6.07, 6.45) is 83.0. The summed E-state index contributed by atoms with van der Waals surface area (Å²) < 4.78 is 16.7. The van der Waals surface area contributed by atoms with Crippen LogP contribution >= 0.6 is 0 Å². The molecule has 0 bridgehead atoms. The van der Waals surface area contributed by atoms with Crippen LogP contribution in [-0.2, 0) is 28.6 Å². The number of carbonyl (C=O) groups excluding carboxylic acids is 3. The third-order valence-corrected chi connectivity index (χ3v) is 10.2. The fourth-order valence-corrected chi connectivity index (χ4v) is 6.28. The number of hydrogen-bond acceptors (Lipinski definition) is 6. The van der Waals surface area contributed by atoms with Crippen LogP contribution in [0.25, 0.3) is 0 Å². The van der Waals surface area contributed by atoms with Crippen molar-refractivity contribution in [2.75, 3.05) is 13.2 Å². The maximum Gasteiger partial charge on any atom is 0.306 e. The zero-order chi connectivity index (χ0) is 50.0. The maximum absolute atomic E-state index is 12.8. The van der Waals surface area contributed by atoms with E-state index in [0.29, 0.717) is 19.3 Å². The minimum absolute atomic E-state index is 0.146. The second-order valence-electron chi connectivity index (χ2n) is 16.6. The maximum atomic E-state index is 12.8. The molecule has 0 fully saturated rings. The van der Waals surface area contributed by atoms with E-state index in [9.17, 15) is 14.4 Å². The lowest BCUT2D eigenvalue weighted by molar-refractivity contribution is -0.167. The number of esters is 3. The van der Waals surface area contributed by atoms with Crippen LogP contribution in [0.1, 0.15) is 175 Å². The summed E-state index contributed by atoms with van der Waals surface area (Å²) in [4.78, 5) is 38.0. The van der Waals surface area contributed by atoms with Crippen molar-refractivity contribution in [3.8, 4) is 0 Å². The molecule has 0 aromatic carbocycles. The van der Waals surface area contributed by atoms with Gasteiger partial charge in [-0.25, -0.2) is 0 Å². The lowest BCUT2D eigenvalue weighted by Gasteiger charge is -2.18. The van der Waals surface area contributed by atoms with Crippen molar-refractivity contribution in [1.29, 1.82) is 0 Å². The lowest BCUT2D eigenvalue weighted by Crippen LogP contribution is -2.30. The number of hydrogen-bond donors (Lipinski definition) is 0. The van der Waals surface area contributed by atoms with Gasteiger partial charge in [-0.05, 0) is 89.9 Å². The molecule has 0 rings (SSSR count). The van der Waals surface area contributed by atoms with E-state index in [1.807, 2.05) is 122 Å². The second kappa shape index (κ2) is 55.1. The van der Waals surface area contributed by atoms with Crippen molar-refractivity contribution in [3.63, 3.8) is 0 Å². The van der Waals surface area contributed by atoms with E-state index in [-0.39, 0.29) is 44.4 Å². The van der Waals surface area contributed by atoms with Crippen molar-refractivity contribution >= 4 is 17.9 Å². The molecule has 380 valence electrons. The molecular weight excluding hydrogens is 853 g/mol. The summed E-state index contributed by atoms with van der Waals surface area (Å²) in [5, 5.41) is 0. The van der Waals surface area contributed by atoms with Gasteiger partial charge in [-0.15, -0.1) is 0 Å². The molecule has 0 aromatic rings. The molecule has 0 aromatic heterocycles. The summed E-state index contributed by atoms with van der Waals surface area (Å²) in [5.74, 6) is -1.10. The van der Waals surface area contributed by atoms with Gasteiger partial charge in [0.2, 0.25) is 0 Å². The van der Waals surface area contributed by atoms with Crippen LogP contribution in [0.4, 0.5) is 0 Å². The largest absolute Gasteiger partial charge is 0.462 e. The molecule has 6 nitrogen and oxygen atoms in total. The Hall–Kier alpha value is -5.49. The summed E-state index contributed by atoms with van der Waals surface area (Å²) in [5.41, 5.74) is 0. The third kappa shape index (κ3) is 53.3. The molecule has 0 aliphatic rings. The molecule has 0 aliphatic carbocycles. The Labute approximate surface area is 421 Å². The molecule has 0 amide bonds. The summed E-state index contributed by atoms with van der Waals surface area (Å²) >= 11 is 0. The van der Waals surface area contributed by atoms with Gasteiger partial charge in [0.1, 0.15) is 13.2 Å². The van der Waals surface area contributed by atoms with Crippen molar-refractivity contribution < 1.29 is 28.6 Å². The summed E-state index contributed by atoms with van der Waals surface area (Å²) in [7, 11) is 0. The van der Waals surface area contributed by atoms with E-state index in [1.54, 1.807) is 0 Å². The molecule has 6 heteroatoms. The van der Waals surface area contributed by atoms with Crippen LogP contribution < -0.4 is 0 Å². The SMILES string of the molecule is CC\C=C/C=C\C=C/C=C\C=C/CCCCCC(=O)OCC(COC(=O)CCCCC\C=C/C=C\C=C\C=C/C=C\C=C/C=C\CC)OC(=O)CCC/C=C\C/C=C\C/C=C\CCCCCCCC. The standard InChI is InChI=1S/C63H92O6/c1-4-7-10-13-16-19-22-25-28-30-31-33-35-38-41-44-47-50-53-56-62(65)68-59-60(58-67-61(64)55-52-49-46-43-40-37-34-27-24-21-18-15-12-9-6-3)69-63(66)57-54-51-48-45-42-39-36-32-29-26-23-20-17-14-11-8-5-2/h7,9-10,12-13,15-16,18-19,21-22,24-31,33-41,45,48,60H,4-6,8,11,14,17,20,23,32,42-44,46-47,49-59H2,1-3H3/b10-7-,12-9-,16-13-,18-15-,22-19-,24-21-,28-25-,29-26-,31-30+,34-27-,35-33-,39-36-,40-37-,41-38-,48-45-. The van der Waals surface area contributed by atoms with Gasteiger partial charge in [-0.3, -0.25) is 14.4 Å². The topological polar surface area (TPSA) is 78.9 Å². The number of rotatable bonds is 44. The van der Waals surface area contributed by atoms with Gasteiger partial charge >= 0.3 is 17.9 Å². The van der Waals surface area contributed by atoms with Crippen molar-refractivity contribution in [3.05, 3.63) is 182 Å². The highest BCUT2D eigenvalue weighted by atomic mass is 16.6. The molecule has 0 N–H and O–H groups in total. The van der Waals surface area contributed by atoms with E-state index in [4.69, 9.17) is 14.2 Å². The first-order chi connectivity index (χ1) is 34.0. The number of ether oxygens (including phenoxy) is 3. The van der Waals surface area contributed by atoms with E-state index in [0.717, 1.165) is 77.0 Å². The molecule has 0 radical (unpaired) electrons. The minimum Gasteiger partial charge on any atom is -0.462 e. The third-order valence-electron chi connectivity index (χ3n) is 10.2. The predicted octanol–water partition coefficient (Wildman–Crippen LogP) is 17.7. The highest BCUT2D eigenvalue weighted by Crippen LogP contribution is 2.11. The average Bonchev–Trinajstić information content (AvgIpc) is 3.35. The van der Waals surface area contributed by atoms with Gasteiger partial charge in [0, 0.05) is 19.3 Å². The van der Waals surface area contributed by atoms with Crippen molar-refractivity contribution in [1.82, 2.24) is 0 Å². The number of allylic oxidation sites excluding steroid dienone is 30. The predicted molar refractivity (Wildman–Crippen MR) is 297 cm³/mol. The molecule has 1 unspecified atom stereocenters. The van der Waals surface area contributed by atoms with Gasteiger partial charge in [-0.1, -0.05) is 248 Å². The summed E-state index contributed by atoms with van der Waals surface area (Å²) in [6, 6.07) is 0. The first kappa shape index (κ1) is 63.5. The fraction of sp³-hybridized carbons (Fsp3) is 0.476. The Morgan fingerprint density at radius 3 is 1.06 bits per heavy atom. The van der Waals surface area contributed by atoms with E-state index >= 15 is 0 Å². The average molecular weight is 945 g/mol. The summed E-state index contributed by atoms with van der Waals surface area (Å²) in [6.45, 7) is 6.19. The molecule has 0 saturated carbocycles. The van der Waals surface area contributed by atoms with Crippen molar-refractivity contribution in [2.24, 2.45) is 0 Å². The number of unbranched alkanes of at least 4 members (excludes halogenated alkanes) is 13. The second-order valence-corrected chi connectivity index (χ2v) is 16.6. The van der Waals surface area contributed by atoms with Crippen LogP contribution in [0, 0.1) is 0 Å². The minimum atomic E-state index is -0.853. The quantitative estimate of drug-likeness (QED) is 0.0199. The Kier molecular flexibility index (Phi) is 50.7. The molecular formula is C63H92O6. The molecule has 69 heavy (non-hydrogen) atoms. The van der Waals surface area contributed by atoms with Gasteiger partial charge in [0.25, 0.3) is 0 Å². The first-order valence-electron chi connectivity index (χ1n) is 26.5. The highest BCUT2D eigenvalue weighted by Gasteiger charge is 2.19. The van der Waals surface area contributed by atoms with Crippen LogP contribution in [0.15, 0.2) is 182 Å². The van der Waals surface area contributed by atoms with Gasteiger partial charge in [0.05, 0.1) is 0 Å². The van der Waals surface area contributed by atoms with Crippen molar-refractivity contribution in [2.45, 2.75) is 181 Å². The van der Waals surface area contributed by atoms with E-state index in [1.165, 1.54) is 38.5 Å². The smallest absolute Gasteiger partial charge is 0.306 e. The highest BCUT2D eigenvalue weighted by molar-refractivity contribution is 5.71. The van der Waals surface area contributed by atoms with E-state index in [2.05, 4.69) is 81.5 Å². The molecule has 0 heterocycles.